The smallest absolute Gasteiger partial charge is 0.241 e. The van der Waals surface area contributed by atoms with Gasteiger partial charge in [-0.15, -0.1) is 0 Å². The molecule has 0 saturated carbocycles. The maximum atomic E-state index is 12.3. The van der Waals surface area contributed by atoms with Gasteiger partial charge in [-0.1, -0.05) is 12.1 Å². The SMILES string of the molecule is O=S(=O)(NCCNc1cc(N2CCOCC2)ncn1)c1ccccc1Br. The molecule has 0 bridgehead atoms. The lowest BCUT2D eigenvalue weighted by Gasteiger charge is -2.27. The summed E-state index contributed by atoms with van der Waals surface area (Å²) in [4.78, 5) is 10.8. The molecular weight excluding hydrogens is 422 g/mol. The zero-order valence-corrected chi connectivity index (χ0v) is 16.5. The van der Waals surface area contributed by atoms with E-state index in [-0.39, 0.29) is 11.4 Å². The van der Waals surface area contributed by atoms with Crippen molar-refractivity contribution in [2.45, 2.75) is 4.90 Å². The van der Waals surface area contributed by atoms with Gasteiger partial charge >= 0.3 is 0 Å². The zero-order valence-electron chi connectivity index (χ0n) is 14.1. The van der Waals surface area contributed by atoms with Crippen LogP contribution in [0.3, 0.4) is 0 Å². The quantitative estimate of drug-likeness (QED) is 0.627. The van der Waals surface area contributed by atoms with Crippen molar-refractivity contribution in [2.75, 3.05) is 49.6 Å². The summed E-state index contributed by atoms with van der Waals surface area (Å²) in [6, 6.07) is 8.56. The van der Waals surface area contributed by atoms with Crippen LogP contribution in [0, 0.1) is 0 Å². The van der Waals surface area contributed by atoms with Crippen LogP contribution in [0.4, 0.5) is 11.6 Å². The lowest BCUT2D eigenvalue weighted by Crippen LogP contribution is -2.36. The number of nitrogens with one attached hydrogen (secondary N) is 2. The van der Waals surface area contributed by atoms with Crippen molar-refractivity contribution in [1.82, 2.24) is 14.7 Å². The van der Waals surface area contributed by atoms with Gasteiger partial charge in [-0.05, 0) is 28.1 Å². The second kappa shape index (κ2) is 8.76. The molecule has 2 N–H and O–H groups in total. The Morgan fingerprint density at radius 3 is 2.69 bits per heavy atom. The fourth-order valence-corrected chi connectivity index (χ4v) is 4.56. The predicted octanol–water partition coefficient (Wildman–Crippen LogP) is 1.47. The first-order valence-electron chi connectivity index (χ1n) is 8.19. The monoisotopic (exact) mass is 441 g/mol. The van der Waals surface area contributed by atoms with Gasteiger partial charge in [-0.25, -0.2) is 23.1 Å². The summed E-state index contributed by atoms with van der Waals surface area (Å²) in [5.41, 5.74) is 0. The molecule has 1 saturated heterocycles. The minimum atomic E-state index is -3.56. The fraction of sp³-hybridized carbons (Fsp3) is 0.375. The molecule has 1 fully saturated rings. The number of hydrogen-bond acceptors (Lipinski definition) is 7. The second-order valence-electron chi connectivity index (χ2n) is 5.62. The number of nitrogens with zero attached hydrogens (tertiary/aromatic N) is 3. The molecule has 1 aliphatic heterocycles. The maximum Gasteiger partial charge on any atom is 0.241 e. The predicted molar refractivity (Wildman–Crippen MR) is 103 cm³/mol. The minimum Gasteiger partial charge on any atom is -0.378 e. The molecule has 0 amide bonds. The van der Waals surface area contributed by atoms with Crippen molar-refractivity contribution < 1.29 is 13.2 Å². The number of sulfonamides is 1. The highest BCUT2D eigenvalue weighted by Gasteiger charge is 2.16. The van der Waals surface area contributed by atoms with E-state index in [1.807, 2.05) is 6.07 Å². The number of anilines is 2. The zero-order chi connectivity index (χ0) is 18.4. The molecule has 0 aliphatic carbocycles. The molecule has 0 atom stereocenters. The van der Waals surface area contributed by atoms with E-state index < -0.39 is 10.0 Å². The van der Waals surface area contributed by atoms with Gasteiger partial charge in [0.05, 0.1) is 18.1 Å². The van der Waals surface area contributed by atoms with Crippen LogP contribution >= 0.6 is 15.9 Å². The number of benzene rings is 1. The number of aromatic nitrogens is 2. The maximum absolute atomic E-state index is 12.3. The number of halogens is 1. The summed E-state index contributed by atoms with van der Waals surface area (Å²) in [6.07, 6.45) is 1.50. The van der Waals surface area contributed by atoms with Gasteiger partial charge in [0.25, 0.3) is 0 Å². The van der Waals surface area contributed by atoms with Gasteiger partial charge in [0.1, 0.15) is 18.0 Å². The minimum absolute atomic E-state index is 0.219. The van der Waals surface area contributed by atoms with Crippen LogP contribution in [0.2, 0.25) is 0 Å². The van der Waals surface area contributed by atoms with Crippen LogP contribution in [-0.4, -0.2) is 57.8 Å². The molecule has 2 aromatic rings. The number of morpholine rings is 1. The number of ether oxygens (including phenoxy) is 1. The van der Waals surface area contributed by atoms with Gasteiger partial charge in [-0.3, -0.25) is 0 Å². The topological polar surface area (TPSA) is 96.5 Å². The Kier molecular flexibility index (Phi) is 6.41. The summed E-state index contributed by atoms with van der Waals surface area (Å²) in [7, 11) is -3.56. The third-order valence-corrected chi connectivity index (χ3v) is 6.31. The van der Waals surface area contributed by atoms with E-state index >= 15 is 0 Å². The third-order valence-electron chi connectivity index (χ3n) is 3.84. The third kappa shape index (κ3) is 4.91. The molecule has 26 heavy (non-hydrogen) atoms. The molecule has 8 nitrogen and oxygen atoms in total. The molecule has 1 aromatic carbocycles. The van der Waals surface area contributed by atoms with Crippen molar-refractivity contribution in [1.29, 1.82) is 0 Å². The lowest BCUT2D eigenvalue weighted by atomic mass is 10.4. The normalized spacial score (nSPS) is 15.0. The average Bonchev–Trinajstić information content (AvgIpc) is 2.66. The molecule has 1 aliphatic rings. The van der Waals surface area contributed by atoms with E-state index in [1.165, 1.54) is 6.33 Å². The number of rotatable bonds is 7. The fourth-order valence-electron chi connectivity index (χ4n) is 2.53. The molecule has 10 heteroatoms. The molecule has 3 rings (SSSR count). The van der Waals surface area contributed by atoms with E-state index in [0.29, 0.717) is 30.0 Å². The van der Waals surface area contributed by atoms with Gasteiger partial charge in [0.15, 0.2) is 0 Å². The lowest BCUT2D eigenvalue weighted by molar-refractivity contribution is 0.122. The van der Waals surface area contributed by atoms with Gasteiger partial charge < -0.3 is 15.0 Å². The Morgan fingerprint density at radius 1 is 1.15 bits per heavy atom. The Morgan fingerprint density at radius 2 is 1.92 bits per heavy atom. The summed E-state index contributed by atoms with van der Waals surface area (Å²) in [5.74, 6) is 1.49. The Balaban J connectivity index is 1.53. The molecule has 0 unspecified atom stereocenters. The van der Waals surface area contributed by atoms with Crippen LogP contribution in [0.25, 0.3) is 0 Å². The van der Waals surface area contributed by atoms with Crippen molar-refractivity contribution in [3.63, 3.8) is 0 Å². The first kappa shape index (κ1) is 19.0. The molecule has 0 radical (unpaired) electrons. The van der Waals surface area contributed by atoms with Crippen LogP contribution < -0.4 is 14.9 Å². The van der Waals surface area contributed by atoms with E-state index in [2.05, 4.69) is 40.8 Å². The van der Waals surface area contributed by atoms with Gasteiger partial charge in [0, 0.05) is 36.7 Å². The van der Waals surface area contributed by atoms with E-state index in [0.717, 1.165) is 18.9 Å². The largest absolute Gasteiger partial charge is 0.378 e. The molecule has 0 spiro atoms. The van der Waals surface area contributed by atoms with Crippen LogP contribution in [0.1, 0.15) is 0 Å². The highest BCUT2D eigenvalue weighted by atomic mass is 79.9. The first-order valence-corrected chi connectivity index (χ1v) is 10.5. The first-order chi connectivity index (χ1) is 12.6. The van der Waals surface area contributed by atoms with Crippen molar-refractivity contribution in [3.8, 4) is 0 Å². The number of hydrogen-bond donors (Lipinski definition) is 2. The highest BCUT2D eigenvalue weighted by molar-refractivity contribution is 9.10. The Labute approximate surface area is 161 Å². The Hall–Kier alpha value is -1.75. The molecular formula is C16H20BrN5O3S. The summed E-state index contributed by atoms with van der Waals surface area (Å²) in [5, 5.41) is 3.12. The van der Waals surface area contributed by atoms with Crippen molar-refractivity contribution >= 4 is 37.6 Å². The van der Waals surface area contributed by atoms with Crippen LogP contribution in [-0.2, 0) is 14.8 Å². The average molecular weight is 442 g/mol. The summed E-state index contributed by atoms with van der Waals surface area (Å²) < 4.78 is 33.1. The summed E-state index contributed by atoms with van der Waals surface area (Å²) in [6.45, 7) is 3.60. The molecule has 1 aromatic heterocycles. The van der Waals surface area contributed by atoms with Gasteiger partial charge in [-0.2, -0.15) is 0 Å². The molecule has 2 heterocycles. The van der Waals surface area contributed by atoms with Crippen LogP contribution in [0.15, 0.2) is 46.0 Å². The second-order valence-corrected chi connectivity index (χ2v) is 8.21. The van der Waals surface area contributed by atoms with E-state index in [9.17, 15) is 8.42 Å². The van der Waals surface area contributed by atoms with Crippen molar-refractivity contribution in [3.05, 3.63) is 41.1 Å². The van der Waals surface area contributed by atoms with Crippen molar-refractivity contribution in [2.24, 2.45) is 0 Å². The van der Waals surface area contributed by atoms with E-state index in [4.69, 9.17) is 4.74 Å². The van der Waals surface area contributed by atoms with Gasteiger partial charge in [0.2, 0.25) is 10.0 Å². The molecule has 140 valence electrons. The standard InChI is InChI=1S/C16H20BrN5O3S/c17-13-3-1-2-4-14(13)26(23,24)21-6-5-18-15-11-16(20-12-19-15)22-7-9-25-10-8-22/h1-4,11-12,21H,5-10H2,(H,18,19,20). The van der Waals surface area contributed by atoms with E-state index in [1.54, 1.807) is 24.3 Å². The van der Waals surface area contributed by atoms with Crippen LogP contribution in [0.5, 0.6) is 0 Å². The summed E-state index contributed by atoms with van der Waals surface area (Å²) >= 11 is 3.26. The highest BCUT2D eigenvalue weighted by Crippen LogP contribution is 2.20. The Bertz CT molecular complexity index is 843.